The molecular weight excluding hydrogens is 288 g/mol. The van der Waals surface area contributed by atoms with Gasteiger partial charge < -0.3 is 14.3 Å². The molecule has 0 spiro atoms. The van der Waals surface area contributed by atoms with Gasteiger partial charge in [0.2, 0.25) is 0 Å². The summed E-state index contributed by atoms with van der Waals surface area (Å²) in [6.07, 6.45) is 3.74. The van der Waals surface area contributed by atoms with Crippen LogP contribution in [0.3, 0.4) is 0 Å². The highest BCUT2D eigenvalue weighted by Crippen LogP contribution is 2.27. The number of fused-ring (bicyclic) bond motifs is 1. The number of rotatable bonds is 3. The smallest absolute Gasteiger partial charge is 0.351 e. The summed E-state index contributed by atoms with van der Waals surface area (Å²) in [7, 11) is 0. The molecule has 2 aromatic rings. The van der Waals surface area contributed by atoms with Crippen molar-refractivity contribution in [3.63, 3.8) is 0 Å². The van der Waals surface area contributed by atoms with Crippen molar-refractivity contribution in [1.82, 2.24) is 0 Å². The molecule has 1 aromatic heterocycles. The van der Waals surface area contributed by atoms with Crippen LogP contribution in [0.4, 0.5) is 0 Å². The Morgan fingerprint density at radius 1 is 1.18 bits per heavy atom. The molecule has 0 unspecified atom stereocenters. The van der Waals surface area contributed by atoms with E-state index in [1.54, 1.807) is 12.1 Å². The number of carbonyl (C=O) groups is 2. The van der Waals surface area contributed by atoms with Crippen LogP contribution in [-0.4, -0.2) is 17.0 Å². The van der Waals surface area contributed by atoms with Gasteiger partial charge in [-0.25, -0.2) is 9.59 Å². The molecule has 0 bridgehead atoms. The molecule has 1 N–H and O–H groups in total. The lowest BCUT2D eigenvalue weighted by molar-refractivity contribution is -0.138. The van der Waals surface area contributed by atoms with Gasteiger partial charge in [0.25, 0.3) is 0 Å². The molecule has 0 aliphatic heterocycles. The minimum Gasteiger partial charge on any atom is -0.477 e. The van der Waals surface area contributed by atoms with Crippen LogP contribution in [0, 0.1) is 5.92 Å². The Hall–Kier alpha value is -2.63. The predicted octanol–water partition coefficient (Wildman–Crippen LogP) is 2.59. The van der Waals surface area contributed by atoms with Gasteiger partial charge in [-0.2, -0.15) is 0 Å². The molecule has 1 fully saturated rings. The molecule has 3 rings (SSSR count). The maximum absolute atomic E-state index is 12.0. The quantitative estimate of drug-likeness (QED) is 0.532. The number of benzene rings is 1. The summed E-state index contributed by atoms with van der Waals surface area (Å²) in [5, 5.41) is 9.35. The van der Waals surface area contributed by atoms with E-state index in [4.69, 9.17) is 14.3 Å². The van der Waals surface area contributed by atoms with Crippen LogP contribution >= 0.6 is 0 Å². The highest BCUT2D eigenvalue weighted by molar-refractivity contribution is 5.91. The second-order valence-electron chi connectivity index (χ2n) is 5.35. The van der Waals surface area contributed by atoms with Crippen LogP contribution in [0.25, 0.3) is 11.0 Å². The highest BCUT2D eigenvalue weighted by Gasteiger charge is 2.24. The van der Waals surface area contributed by atoms with Gasteiger partial charge in [-0.15, -0.1) is 0 Å². The molecule has 6 nitrogen and oxygen atoms in total. The van der Waals surface area contributed by atoms with E-state index in [1.807, 2.05) is 0 Å². The fourth-order valence-corrected chi connectivity index (χ4v) is 2.67. The van der Waals surface area contributed by atoms with E-state index in [0.717, 1.165) is 25.7 Å². The van der Waals surface area contributed by atoms with Gasteiger partial charge in [0.15, 0.2) is 0 Å². The number of ether oxygens (including phenoxy) is 1. The average Bonchev–Trinajstić information content (AvgIpc) is 3.00. The van der Waals surface area contributed by atoms with Crippen LogP contribution in [0.1, 0.15) is 36.0 Å². The molecule has 0 radical (unpaired) electrons. The number of carboxylic acid groups (broad SMARTS) is 1. The Morgan fingerprint density at radius 2 is 1.91 bits per heavy atom. The third-order valence-electron chi connectivity index (χ3n) is 3.84. The van der Waals surface area contributed by atoms with Gasteiger partial charge in [-0.3, -0.25) is 4.79 Å². The molecule has 1 aliphatic carbocycles. The fourth-order valence-electron chi connectivity index (χ4n) is 2.67. The zero-order valence-corrected chi connectivity index (χ0v) is 11.7. The summed E-state index contributed by atoms with van der Waals surface area (Å²) in [5.74, 6) is -1.40. The van der Waals surface area contributed by atoms with Crippen molar-refractivity contribution in [3.8, 4) is 5.75 Å². The minimum absolute atomic E-state index is 0.0721. The SMILES string of the molecule is O=C(O)c1cc2ccc(OC(=O)C3CCCC3)cc2oc1=O. The lowest BCUT2D eigenvalue weighted by Crippen LogP contribution is -2.17. The number of hydrogen-bond donors (Lipinski definition) is 1. The summed E-state index contributed by atoms with van der Waals surface area (Å²) in [6.45, 7) is 0. The summed E-state index contributed by atoms with van der Waals surface area (Å²) in [4.78, 5) is 34.4. The van der Waals surface area contributed by atoms with Gasteiger partial charge in [-0.05, 0) is 31.0 Å². The molecule has 1 heterocycles. The Labute approximate surface area is 125 Å². The first-order valence-electron chi connectivity index (χ1n) is 7.07. The van der Waals surface area contributed by atoms with Crippen molar-refractivity contribution in [3.05, 3.63) is 40.2 Å². The van der Waals surface area contributed by atoms with E-state index in [-0.39, 0.29) is 23.2 Å². The first-order valence-corrected chi connectivity index (χ1v) is 7.07. The normalized spacial score (nSPS) is 15.1. The van der Waals surface area contributed by atoms with Crippen molar-refractivity contribution in [2.45, 2.75) is 25.7 Å². The van der Waals surface area contributed by atoms with Gasteiger partial charge in [-0.1, -0.05) is 12.8 Å². The second-order valence-corrected chi connectivity index (χ2v) is 5.35. The van der Waals surface area contributed by atoms with Crippen LogP contribution in [0.5, 0.6) is 5.75 Å². The molecular formula is C16H14O6. The summed E-state index contributed by atoms with van der Waals surface area (Å²) < 4.78 is 10.3. The molecule has 1 saturated carbocycles. The predicted molar refractivity (Wildman–Crippen MR) is 77.0 cm³/mol. The van der Waals surface area contributed by atoms with E-state index in [0.29, 0.717) is 5.39 Å². The maximum Gasteiger partial charge on any atom is 0.351 e. The van der Waals surface area contributed by atoms with E-state index >= 15 is 0 Å². The Kier molecular flexibility index (Phi) is 3.66. The zero-order chi connectivity index (χ0) is 15.7. The van der Waals surface area contributed by atoms with Crippen molar-refractivity contribution in [2.24, 2.45) is 5.92 Å². The highest BCUT2D eigenvalue weighted by atomic mass is 16.5. The summed E-state index contributed by atoms with van der Waals surface area (Å²) >= 11 is 0. The first kappa shape index (κ1) is 14.3. The van der Waals surface area contributed by atoms with Gasteiger partial charge in [0.1, 0.15) is 16.9 Å². The Balaban J connectivity index is 1.89. The van der Waals surface area contributed by atoms with Crippen molar-refractivity contribution in [1.29, 1.82) is 0 Å². The maximum atomic E-state index is 12.0. The fraction of sp³-hybridized carbons (Fsp3) is 0.312. The first-order chi connectivity index (χ1) is 10.5. The summed E-state index contributed by atoms with van der Waals surface area (Å²) in [6, 6.07) is 5.78. The number of aromatic carboxylic acids is 1. The molecule has 0 saturated heterocycles. The number of hydrogen-bond acceptors (Lipinski definition) is 5. The van der Waals surface area contributed by atoms with Gasteiger partial charge in [0, 0.05) is 11.5 Å². The lowest BCUT2D eigenvalue weighted by atomic mass is 10.1. The lowest BCUT2D eigenvalue weighted by Gasteiger charge is -2.09. The summed E-state index contributed by atoms with van der Waals surface area (Å²) in [5.41, 5.74) is -1.17. The van der Waals surface area contributed by atoms with Crippen molar-refractivity contribution >= 4 is 22.9 Å². The third-order valence-corrected chi connectivity index (χ3v) is 3.84. The minimum atomic E-state index is -1.34. The van der Waals surface area contributed by atoms with Crippen LogP contribution in [-0.2, 0) is 4.79 Å². The average molecular weight is 302 g/mol. The molecule has 6 heteroatoms. The van der Waals surface area contributed by atoms with Gasteiger partial charge >= 0.3 is 17.6 Å². The van der Waals surface area contributed by atoms with Crippen LogP contribution < -0.4 is 10.4 Å². The molecule has 1 aliphatic rings. The topological polar surface area (TPSA) is 93.8 Å². The molecule has 0 atom stereocenters. The molecule has 1 aromatic carbocycles. The largest absolute Gasteiger partial charge is 0.477 e. The number of esters is 1. The molecule has 22 heavy (non-hydrogen) atoms. The monoisotopic (exact) mass is 302 g/mol. The van der Waals surface area contributed by atoms with Crippen LogP contribution in [0.15, 0.2) is 33.5 Å². The molecule has 114 valence electrons. The van der Waals surface area contributed by atoms with E-state index < -0.39 is 17.2 Å². The van der Waals surface area contributed by atoms with Gasteiger partial charge in [0.05, 0.1) is 5.92 Å². The van der Waals surface area contributed by atoms with E-state index in [9.17, 15) is 14.4 Å². The van der Waals surface area contributed by atoms with E-state index in [2.05, 4.69) is 0 Å². The third kappa shape index (κ3) is 2.72. The van der Waals surface area contributed by atoms with E-state index in [1.165, 1.54) is 12.1 Å². The Morgan fingerprint density at radius 3 is 2.59 bits per heavy atom. The zero-order valence-electron chi connectivity index (χ0n) is 11.7. The Bertz CT molecular complexity index is 798. The second kappa shape index (κ2) is 5.63. The van der Waals surface area contributed by atoms with Crippen molar-refractivity contribution < 1.29 is 23.8 Å². The number of carboxylic acids is 1. The van der Waals surface area contributed by atoms with Crippen LogP contribution in [0.2, 0.25) is 0 Å². The molecule has 0 amide bonds. The standard InChI is InChI=1S/C16H14O6/c17-14(18)12-7-10-5-6-11(8-13(10)22-16(12)20)21-15(19)9-3-1-2-4-9/h5-9H,1-4H2,(H,17,18). The number of carbonyl (C=O) groups excluding carboxylic acids is 1. The van der Waals surface area contributed by atoms with Crippen molar-refractivity contribution in [2.75, 3.05) is 0 Å².